The van der Waals surface area contributed by atoms with Crippen LogP contribution in [-0.2, 0) is 0 Å². The molecule has 1 aromatic heterocycles. The van der Waals surface area contributed by atoms with Gasteiger partial charge in [0.2, 0.25) is 0 Å². The second kappa shape index (κ2) is 6.91. The summed E-state index contributed by atoms with van der Waals surface area (Å²) in [7, 11) is 2.89. The highest BCUT2D eigenvalue weighted by Gasteiger charge is 2.17. The minimum Gasteiger partial charge on any atom is -0.493 e. The van der Waals surface area contributed by atoms with Crippen LogP contribution in [0.2, 0.25) is 0 Å². The average molecular weight is 321 g/mol. The summed E-state index contributed by atoms with van der Waals surface area (Å²) in [6.45, 7) is 1.73. The molecule has 23 heavy (non-hydrogen) atoms. The fraction of sp³-hybridized carbons (Fsp3) is 0.267. The second-order valence-corrected chi connectivity index (χ2v) is 4.69. The summed E-state index contributed by atoms with van der Waals surface area (Å²) in [4.78, 5) is 18.4. The Bertz CT molecular complexity index is 707. The molecule has 8 heteroatoms. The Balaban J connectivity index is 2.23. The van der Waals surface area contributed by atoms with Crippen LogP contribution in [0.1, 0.15) is 29.0 Å². The predicted molar refractivity (Wildman–Crippen MR) is 80.5 cm³/mol. The van der Waals surface area contributed by atoms with E-state index in [0.717, 1.165) is 6.20 Å². The lowest BCUT2D eigenvalue weighted by atomic mass is 10.1. The maximum Gasteiger partial charge on any atom is 0.356 e. The number of aromatic carboxylic acids is 1. The van der Waals surface area contributed by atoms with E-state index in [1.807, 2.05) is 0 Å². The lowest BCUT2D eigenvalue weighted by molar-refractivity contribution is 0.0690. The van der Waals surface area contributed by atoms with Crippen LogP contribution >= 0.6 is 0 Å². The molecule has 0 radical (unpaired) electrons. The molecule has 0 fully saturated rings. The molecule has 0 saturated heterocycles. The van der Waals surface area contributed by atoms with E-state index in [1.165, 1.54) is 32.5 Å². The molecule has 122 valence electrons. The number of halogens is 1. The molecule has 1 heterocycles. The number of carbonyl (C=O) groups is 1. The summed E-state index contributed by atoms with van der Waals surface area (Å²) >= 11 is 0. The number of carboxylic acid groups (broad SMARTS) is 1. The number of hydrogen-bond acceptors (Lipinski definition) is 6. The van der Waals surface area contributed by atoms with Crippen molar-refractivity contribution >= 4 is 11.8 Å². The normalized spacial score (nSPS) is 11.7. The van der Waals surface area contributed by atoms with Gasteiger partial charge in [-0.1, -0.05) is 0 Å². The molecule has 2 N–H and O–H groups in total. The zero-order chi connectivity index (χ0) is 17.0. The van der Waals surface area contributed by atoms with Crippen molar-refractivity contribution in [3.05, 3.63) is 41.6 Å². The van der Waals surface area contributed by atoms with E-state index in [-0.39, 0.29) is 5.69 Å². The number of anilines is 1. The Morgan fingerprint density at radius 1 is 1.22 bits per heavy atom. The van der Waals surface area contributed by atoms with Crippen molar-refractivity contribution in [1.82, 2.24) is 9.97 Å². The van der Waals surface area contributed by atoms with Crippen molar-refractivity contribution in [2.75, 3.05) is 19.5 Å². The third-order valence-corrected chi connectivity index (χ3v) is 3.20. The Labute approximate surface area is 132 Å². The molecule has 0 saturated carbocycles. The van der Waals surface area contributed by atoms with Gasteiger partial charge < -0.3 is 19.9 Å². The number of methoxy groups -OCH3 is 2. The minimum atomic E-state index is -1.16. The van der Waals surface area contributed by atoms with E-state index in [9.17, 15) is 9.18 Å². The van der Waals surface area contributed by atoms with Gasteiger partial charge in [0.1, 0.15) is 11.6 Å². The minimum absolute atomic E-state index is 0.166. The monoisotopic (exact) mass is 321 g/mol. The van der Waals surface area contributed by atoms with Crippen LogP contribution in [0.5, 0.6) is 11.5 Å². The number of rotatable bonds is 6. The number of nitrogens with one attached hydrogen (secondary N) is 1. The summed E-state index contributed by atoms with van der Waals surface area (Å²) < 4.78 is 24.4. The molecule has 7 nitrogen and oxygen atoms in total. The fourth-order valence-corrected chi connectivity index (χ4v) is 2.01. The molecule has 1 atom stereocenters. The lowest BCUT2D eigenvalue weighted by Gasteiger charge is -2.17. The SMILES string of the molecule is COc1cc(F)c(C(C)Nc2cnc(C(=O)O)cn2)cc1OC. The first kappa shape index (κ1) is 16.5. The molecule has 0 aliphatic heterocycles. The number of carboxylic acids is 1. The fourth-order valence-electron chi connectivity index (χ4n) is 2.01. The molecule has 0 aliphatic rings. The summed E-state index contributed by atoms with van der Waals surface area (Å²) in [5.74, 6) is -0.589. The van der Waals surface area contributed by atoms with Gasteiger partial charge in [-0.05, 0) is 13.0 Å². The van der Waals surface area contributed by atoms with Crippen LogP contribution in [0.15, 0.2) is 24.5 Å². The van der Waals surface area contributed by atoms with Crippen LogP contribution in [0, 0.1) is 5.82 Å². The summed E-state index contributed by atoms with van der Waals surface area (Å²) in [6.07, 6.45) is 2.40. The van der Waals surface area contributed by atoms with Gasteiger partial charge in [0.05, 0.1) is 32.7 Å². The number of hydrogen-bond donors (Lipinski definition) is 2. The summed E-state index contributed by atoms with van der Waals surface area (Å²) in [6, 6.07) is 2.33. The number of ether oxygens (including phenoxy) is 2. The van der Waals surface area contributed by atoms with Crippen molar-refractivity contribution in [1.29, 1.82) is 0 Å². The van der Waals surface area contributed by atoms with Crippen molar-refractivity contribution in [3.63, 3.8) is 0 Å². The van der Waals surface area contributed by atoms with Gasteiger partial charge in [-0.3, -0.25) is 0 Å². The lowest BCUT2D eigenvalue weighted by Crippen LogP contribution is -2.11. The molecular weight excluding hydrogens is 305 g/mol. The molecule has 0 aliphatic carbocycles. The highest BCUT2D eigenvalue weighted by molar-refractivity contribution is 5.84. The van der Waals surface area contributed by atoms with Gasteiger partial charge in [0.25, 0.3) is 0 Å². The van der Waals surface area contributed by atoms with Crippen LogP contribution in [0.25, 0.3) is 0 Å². The maximum absolute atomic E-state index is 14.2. The second-order valence-electron chi connectivity index (χ2n) is 4.69. The van der Waals surface area contributed by atoms with Gasteiger partial charge in [0, 0.05) is 11.6 Å². The predicted octanol–water partition coefficient (Wildman–Crippen LogP) is 2.50. The smallest absolute Gasteiger partial charge is 0.356 e. The maximum atomic E-state index is 14.2. The first-order valence-corrected chi connectivity index (χ1v) is 6.69. The van der Waals surface area contributed by atoms with Crippen molar-refractivity contribution in [2.24, 2.45) is 0 Å². The summed E-state index contributed by atoms with van der Waals surface area (Å²) in [5.41, 5.74) is 0.187. The van der Waals surface area contributed by atoms with Gasteiger partial charge in [-0.15, -0.1) is 0 Å². The molecule has 2 aromatic rings. The molecule has 0 spiro atoms. The Hall–Kier alpha value is -2.90. The van der Waals surface area contributed by atoms with E-state index in [2.05, 4.69) is 15.3 Å². The molecule has 1 unspecified atom stereocenters. The molecule has 0 bridgehead atoms. The van der Waals surface area contributed by atoms with Crippen molar-refractivity contribution < 1.29 is 23.8 Å². The first-order chi connectivity index (χ1) is 11.0. The number of benzene rings is 1. The van der Waals surface area contributed by atoms with E-state index in [1.54, 1.807) is 6.92 Å². The van der Waals surface area contributed by atoms with Gasteiger partial charge >= 0.3 is 5.97 Å². The Kier molecular flexibility index (Phi) is 4.95. The van der Waals surface area contributed by atoms with E-state index in [0.29, 0.717) is 22.9 Å². The Morgan fingerprint density at radius 3 is 2.39 bits per heavy atom. The molecule has 0 amide bonds. The molecule has 1 aromatic carbocycles. The Morgan fingerprint density at radius 2 is 1.87 bits per heavy atom. The standard InChI is InChI=1S/C15H16FN3O4/c1-8(19-14-7-17-11(6-18-14)15(20)21)9-4-12(22-2)13(23-3)5-10(9)16/h4-8H,1-3H3,(H,18,19)(H,20,21). The molecular formula is C15H16FN3O4. The average Bonchev–Trinajstić information content (AvgIpc) is 2.54. The van der Waals surface area contributed by atoms with Crippen LogP contribution in [-0.4, -0.2) is 35.3 Å². The van der Waals surface area contributed by atoms with Crippen LogP contribution < -0.4 is 14.8 Å². The summed E-state index contributed by atoms with van der Waals surface area (Å²) in [5, 5.41) is 11.7. The van der Waals surface area contributed by atoms with E-state index >= 15 is 0 Å². The van der Waals surface area contributed by atoms with E-state index < -0.39 is 17.8 Å². The number of aromatic nitrogens is 2. The van der Waals surface area contributed by atoms with Gasteiger partial charge in [-0.2, -0.15) is 0 Å². The van der Waals surface area contributed by atoms with Gasteiger partial charge in [-0.25, -0.2) is 19.2 Å². The number of nitrogens with zero attached hydrogens (tertiary/aromatic N) is 2. The van der Waals surface area contributed by atoms with Crippen molar-refractivity contribution in [2.45, 2.75) is 13.0 Å². The van der Waals surface area contributed by atoms with Gasteiger partial charge in [0.15, 0.2) is 17.2 Å². The largest absolute Gasteiger partial charge is 0.493 e. The third-order valence-electron chi connectivity index (χ3n) is 3.20. The van der Waals surface area contributed by atoms with E-state index in [4.69, 9.17) is 14.6 Å². The highest BCUT2D eigenvalue weighted by Crippen LogP contribution is 2.33. The molecule has 2 rings (SSSR count). The quantitative estimate of drug-likeness (QED) is 0.844. The zero-order valence-electron chi connectivity index (χ0n) is 12.8. The first-order valence-electron chi connectivity index (χ1n) is 6.69. The van der Waals surface area contributed by atoms with Crippen molar-refractivity contribution in [3.8, 4) is 11.5 Å². The van der Waals surface area contributed by atoms with Crippen LogP contribution in [0.3, 0.4) is 0 Å². The topological polar surface area (TPSA) is 93.6 Å². The highest BCUT2D eigenvalue weighted by atomic mass is 19.1. The zero-order valence-corrected chi connectivity index (χ0v) is 12.8. The van der Waals surface area contributed by atoms with Crippen LogP contribution in [0.4, 0.5) is 10.2 Å². The third kappa shape index (κ3) is 3.65.